The van der Waals surface area contributed by atoms with Gasteiger partial charge in [-0.25, -0.2) is 4.79 Å². The number of nitrogen functional groups attached to an aromatic ring is 1. The van der Waals surface area contributed by atoms with Crippen LogP contribution in [0.1, 0.15) is 41.2 Å². The Labute approximate surface area is 213 Å². The highest BCUT2D eigenvalue weighted by atomic mass is 16.5. The number of nitrogens with two attached hydrogens (primary N) is 1. The molecule has 4 N–H and O–H groups in total. The number of amides is 4. The van der Waals surface area contributed by atoms with Crippen LogP contribution in [0.5, 0.6) is 5.75 Å². The summed E-state index contributed by atoms with van der Waals surface area (Å²) in [6, 6.07) is 6.05. The summed E-state index contributed by atoms with van der Waals surface area (Å²) in [5.41, 5.74) is 12.0. The Hall–Kier alpha value is -3.59. The molecule has 0 bridgehead atoms. The van der Waals surface area contributed by atoms with Gasteiger partial charge in [-0.3, -0.25) is 24.7 Å². The van der Waals surface area contributed by atoms with Gasteiger partial charge in [0.1, 0.15) is 18.0 Å². The molecule has 2 aromatic carbocycles. The minimum Gasteiger partial charge on any atom is -0.483 e. The second-order valence-corrected chi connectivity index (χ2v) is 9.36. The number of anilines is 2. The minimum absolute atomic E-state index is 0.283. The van der Waals surface area contributed by atoms with E-state index >= 15 is 0 Å². The number of carbonyl (C=O) groups is 3. The van der Waals surface area contributed by atoms with Crippen LogP contribution >= 0.6 is 0 Å². The molecule has 0 aliphatic carbocycles. The van der Waals surface area contributed by atoms with Crippen molar-refractivity contribution < 1.29 is 19.1 Å². The Morgan fingerprint density at radius 3 is 2.42 bits per heavy atom. The quantitative estimate of drug-likeness (QED) is 0.485. The predicted octanol–water partition coefficient (Wildman–Crippen LogP) is 3.10. The van der Waals surface area contributed by atoms with E-state index < -0.39 is 30.1 Å². The zero-order valence-corrected chi connectivity index (χ0v) is 22.2. The molecule has 0 aromatic heterocycles. The molecule has 36 heavy (non-hydrogen) atoms. The number of hydrogen-bond donors (Lipinski definition) is 3. The van der Waals surface area contributed by atoms with Crippen molar-refractivity contribution in [2.24, 2.45) is 0 Å². The van der Waals surface area contributed by atoms with Crippen molar-refractivity contribution in [3.8, 4) is 5.75 Å². The smallest absolute Gasteiger partial charge is 0.332 e. The summed E-state index contributed by atoms with van der Waals surface area (Å²) in [6.45, 7) is 11.8. The monoisotopic (exact) mass is 495 g/mol. The summed E-state index contributed by atoms with van der Waals surface area (Å²) in [5.74, 6) is -0.389. The predicted molar refractivity (Wildman–Crippen MR) is 141 cm³/mol. The molecule has 1 aliphatic heterocycles. The number of ether oxygens (including phenoxy) is 1. The summed E-state index contributed by atoms with van der Waals surface area (Å²) < 4.78 is 5.81. The van der Waals surface area contributed by atoms with Crippen molar-refractivity contribution in [2.45, 2.75) is 60.2 Å². The average Bonchev–Trinajstić information content (AvgIpc) is 2.85. The molecule has 194 valence electrons. The maximum Gasteiger partial charge on any atom is 0.332 e. The maximum atomic E-state index is 13.3. The van der Waals surface area contributed by atoms with Crippen LogP contribution < -0.4 is 26.0 Å². The van der Waals surface area contributed by atoms with Crippen LogP contribution in [-0.4, -0.2) is 55.2 Å². The molecular formula is C27H37N5O4. The lowest BCUT2D eigenvalue weighted by Crippen LogP contribution is -2.72. The van der Waals surface area contributed by atoms with Gasteiger partial charge in [-0.1, -0.05) is 19.1 Å². The second kappa shape index (κ2) is 11.0. The van der Waals surface area contributed by atoms with Crippen molar-refractivity contribution in [1.82, 2.24) is 15.5 Å². The van der Waals surface area contributed by atoms with Crippen molar-refractivity contribution in [3.63, 3.8) is 0 Å². The molecule has 2 aromatic rings. The van der Waals surface area contributed by atoms with Gasteiger partial charge in [0.2, 0.25) is 0 Å². The molecule has 2 atom stereocenters. The SMILES string of the molecule is CCCNC1C(NC(=O)COc2cc(C)c(N)c(C)c2C)C(=O)N(C)C(=O)N1c1cccc(C)c1C. The van der Waals surface area contributed by atoms with Crippen molar-refractivity contribution >= 4 is 29.2 Å². The number of hydrogen-bond acceptors (Lipinski definition) is 6. The van der Waals surface area contributed by atoms with E-state index in [0.717, 1.165) is 39.1 Å². The average molecular weight is 496 g/mol. The topological polar surface area (TPSA) is 117 Å². The number of rotatable bonds is 8. The van der Waals surface area contributed by atoms with E-state index in [0.29, 0.717) is 23.7 Å². The Balaban J connectivity index is 1.88. The fourth-order valence-corrected chi connectivity index (χ4v) is 4.33. The molecule has 0 radical (unpaired) electrons. The van der Waals surface area contributed by atoms with E-state index in [1.165, 1.54) is 7.05 Å². The second-order valence-electron chi connectivity index (χ2n) is 9.36. The molecule has 1 fully saturated rings. The fourth-order valence-electron chi connectivity index (χ4n) is 4.33. The van der Waals surface area contributed by atoms with Crippen LogP contribution in [0.15, 0.2) is 24.3 Å². The number of urea groups is 1. The number of nitrogens with one attached hydrogen (secondary N) is 2. The van der Waals surface area contributed by atoms with E-state index in [9.17, 15) is 14.4 Å². The number of carbonyl (C=O) groups excluding carboxylic acids is 3. The molecule has 0 spiro atoms. The molecule has 1 saturated heterocycles. The first-order chi connectivity index (χ1) is 17.0. The van der Waals surface area contributed by atoms with Crippen molar-refractivity contribution in [1.29, 1.82) is 0 Å². The van der Waals surface area contributed by atoms with Gasteiger partial charge in [-0.15, -0.1) is 0 Å². The lowest BCUT2D eigenvalue weighted by Gasteiger charge is -2.44. The van der Waals surface area contributed by atoms with Crippen molar-refractivity contribution in [2.75, 3.05) is 30.8 Å². The molecule has 1 aliphatic rings. The van der Waals surface area contributed by atoms with Gasteiger partial charge in [0.05, 0.1) is 5.69 Å². The third-order valence-electron chi connectivity index (χ3n) is 6.91. The van der Waals surface area contributed by atoms with Crippen LogP contribution in [0, 0.1) is 34.6 Å². The first-order valence-electron chi connectivity index (χ1n) is 12.2. The van der Waals surface area contributed by atoms with Gasteiger partial charge in [0.15, 0.2) is 6.61 Å². The van der Waals surface area contributed by atoms with Crippen LogP contribution in [-0.2, 0) is 9.59 Å². The standard InChI is InChI=1S/C27H37N5O4/c1-8-12-29-25-24(30-22(33)14-36-21-13-16(3)23(28)19(6)18(21)5)26(34)31(7)27(35)32(25)20-11-9-10-15(2)17(20)4/h9-11,13,24-25,29H,8,12,14,28H2,1-7H3,(H,30,33). The number of benzene rings is 2. The summed E-state index contributed by atoms with van der Waals surface area (Å²) in [7, 11) is 1.43. The number of likely N-dealkylation sites (N-methyl/N-ethyl adjacent to an activating group) is 1. The molecular weight excluding hydrogens is 458 g/mol. The van der Waals surface area contributed by atoms with Gasteiger partial charge < -0.3 is 15.8 Å². The fraction of sp³-hybridized carbons (Fsp3) is 0.444. The van der Waals surface area contributed by atoms with Crippen LogP contribution in [0.25, 0.3) is 0 Å². The minimum atomic E-state index is -0.994. The molecule has 9 nitrogen and oxygen atoms in total. The summed E-state index contributed by atoms with van der Waals surface area (Å²) in [6.07, 6.45) is 0.0298. The Kier molecular flexibility index (Phi) is 8.24. The largest absolute Gasteiger partial charge is 0.483 e. The maximum absolute atomic E-state index is 13.3. The van der Waals surface area contributed by atoms with Gasteiger partial charge >= 0.3 is 6.03 Å². The summed E-state index contributed by atoms with van der Waals surface area (Å²) >= 11 is 0. The van der Waals surface area contributed by atoms with Gasteiger partial charge in [-0.05, 0) is 87.5 Å². The first kappa shape index (κ1) is 27.0. The highest BCUT2D eigenvalue weighted by Crippen LogP contribution is 2.30. The Morgan fingerprint density at radius 1 is 1.06 bits per heavy atom. The molecule has 2 unspecified atom stereocenters. The lowest BCUT2D eigenvalue weighted by atomic mass is 10.0. The van der Waals surface area contributed by atoms with Gasteiger partial charge in [-0.2, -0.15) is 0 Å². The lowest BCUT2D eigenvalue weighted by molar-refractivity contribution is -0.135. The number of imide groups is 1. The summed E-state index contributed by atoms with van der Waals surface area (Å²) in [5, 5.41) is 6.10. The Morgan fingerprint density at radius 2 is 1.75 bits per heavy atom. The summed E-state index contributed by atoms with van der Waals surface area (Å²) in [4.78, 5) is 42.1. The third-order valence-corrected chi connectivity index (χ3v) is 6.91. The highest BCUT2D eigenvalue weighted by Gasteiger charge is 2.46. The third kappa shape index (κ3) is 5.16. The van der Waals surface area contributed by atoms with E-state index in [4.69, 9.17) is 10.5 Å². The van der Waals surface area contributed by atoms with E-state index in [2.05, 4.69) is 10.6 Å². The zero-order chi connectivity index (χ0) is 26.7. The highest BCUT2D eigenvalue weighted by molar-refractivity contribution is 6.09. The molecule has 9 heteroatoms. The number of aryl methyl sites for hydroxylation is 2. The first-order valence-corrected chi connectivity index (χ1v) is 12.2. The van der Waals surface area contributed by atoms with Gasteiger partial charge in [0, 0.05) is 12.7 Å². The molecule has 4 amide bonds. The normalized spacial score (nSPS) is 18.0. The van der Waals surface area contributed by atoms with E-state index in [-0.39, 0.29) is 6.61 Å². The van der Waals surface area contributed by atoms with E-state index in [1.807, 2.05) is 59.7 Å². The van der Waals surface area contributed by atoms with Crippen LogP contribution in [0.4, 0.5) is 16.2 Å². The van der Waals surface area contributed by atoms with Crippen LogP contribution in [0.3, 0.4) is 0 Å². The van der Waals surface area contributed by atoms with Gasteiger partial charge in [0.25, 0.3) is 11.8 Å². The zero-order valence-electron chi connectivity index (χ0n) is 22.2. The van der Waals surface area contributed by atoms with Crippen LogP contribution in [0.2, 0.25) is 0 Å². The van der Waals surface area contributed by atoms with Crippen molar-refractivity contribution in [3.05, 3.63) is 52.1 Å². The molecule has 1 heterocycles. The Bertz CT molecular complexity index is 1180. The molecule has 3 rings (SSSR count). The number of nitrogens with zero attached hydrogens (tertiary/aromatic N) is 2. The molecule has 0 saturated carbocycles. The van der Waals surface area contributed by atoms with E-state index in [1.54, 1.807) is 11.0 Å².